The molecule has 0 aliphatic rings. The fraction of sp³-hybridized carbons (Fsp3) is 0. The Balaban J connectivity index is 0.916. The van der Waals surface area contributed by atoms with Gasteiger partial charge in [0.1, 0.15) is 11.2 Å². The Bertz CT molecular complexity index is 4120. The molecule has 0 bridgehead atoms. The minimum Gasteiger partial charge on any atom is -0.456 e. The van der Waals surface area contributed by atoms with Crippen molar-refractivity contribution in [3.63, 3.8) is 0 Å². The van der Waals surface area contributed by atoms with Gasteiger partial charge >= 0.3 is 0 Å². The average Bonchev–Trinajstić information content (AvgIpc) is 3.98. The minimum atomic E-state index is 0.927. The molecule has 14 rings (SSSR count). The van der Waals surface area contributed by atoms with Gasteiger partial charge in [-0.1, -0.05) is 146 Å². The quantitative estimate of drug-likeness (QED) is 0.162. The number of rotatable bonds is 3. The van der Waals surface area contributed by atoms with Crippen molar-refractivity contribution in [2.75, 3.05) is 0 Å². The lowest BCUT2D eigenvalue weighted by molar-refractivity contribution is 0.670. The first kappa shape index (κ1) is 33.5. The summed E-state index contributed by atoms with van der Waals surface area (Å²) >= 11 is 3.71. The van der Waals surface area contributed by atoms with Crippen molar-refractivity contribution in [2.24, 2.45) is 0 Å². The maximum atomic E-state index is 6.63. The van der Waals surface area contributed by atoms with E-state index in [1.165, 1.54) is 122 Å². The molecule has 3 heterocycles. The Labute approximate surface area is 357 Å². The van der Waals surface area contributed by atoms with E-state index in [-0.39, 0.29) is 0 Å². The van der Waals surface area contributed by atoms with E-state index in [1.807, 2.05) is 22.7 Å². The van der Waals surface area contributed by atoms with E-state index in [4.69, 9.17) is 4.42 Å². The average molecular weight is 809 g/mol. The van der Waals surface area contributed by atoms with E-state index in [2.05, 4.69) is 194 Å². The van der Waals surface area contributed by atoms with Gasteiger partial charge in [0.25, 0.3) is 0 Å². The van der Waals surface area contributed by atoms with Crippen molar-refractivity contribution < 1.29 is 4.42 Å². The first-order valence-electron chi connectivity index (χ1n) is 20.8. The summed E-state index contributed by atoms with van der Waals surface area (Å²) in [7, 11) is 0. The summed E-state index contributed by atoms with van der Waals surface area (Å²) in [6.07, 6.45) is 0. The minimum absolute atomic E-state index is 0.927. The highest BCUT2D eigenvalue weighted by atomic mass is 32.1. The molecule has 0 atom stereocenters. The number of fused-ring (bicyclic) bond motifs is 13. The van der Waals surface area contributed by atoms with Crippen LogP contribution in [0.2, 0.25) is 0 Å². The molecule has 0 N–H and O–H groups in total. The van der Waals surface area contributed by atoms with E-state index >= 15 is 0 Å². The van der Waals surface area contributed by atoms with Gasteiger partial charge in [0.05, 0.1) is 0 Å². The van der Waals surface area contributed by atoms with Crippen LogP contribution in [0.15, 0.2) is 199 Å². The Hall–Kier alpha value is -7.30. The molecule has 61 heavy (non-hydrogen) atoms. The van der Waals surface area contributed by atoms with Gasteiger partial charge in [0.15, 0.2) is 0 Å². The van der Waals surface area contributed by atoms with Gasteiger partial charge in [-0.3, -0.25) is 0 Å². The van der Waals surface area contributed by atoms with E-state index < -0.39 is 0 Å². The Morgan fingerprint density at radius 1 is 0.262 bits per heavy atom. The summed E-state index contributed by atoms with van der Waals surface area (Å²) in [5, 5.41) is 17.6. The lowest BCUT2D eigenvalue weighted by Crippen LogP contribution is -1.91. The van der Waals surface area contributed by atoms with Gasteiger partial charge in [0, 0.05) is 51.1 Å². The molecule has 0 aliphatic heterocycles. The van der Waals surface area contributed by atoms with Crippen molar-refractivity contribution in [1.29, 1.82) is 0 Å². The van der Waals surface area contributed by atoms with Gasteiger partial charge < -0.3 is 4.42 Å². The first-order chi connectivity index (χ1) is 30.2. The van der Waals surface area contributed by atoms with Crippen LogP contribution >= 0.6 is 22.7 Å². The molecule has 0 amide bonds. The molecule has 3 heteroatoms. The number of hydrogen-bond acceptors (Lipinski definition) is 3. The molecule has 0 unspecified atom stereocenters. The molecule has 1 nitrogen and oxygen atoms in total. The zero-order valence-corrected chi connectivity index (χ0v) is 34.3. The van der Waals surface area contributed by atoms with Crippen LogP contribution in [0.1, 0.15) is 0 Å². The van der Waals surface area contributed by atoms with E-state index in [1.54, 1.807) is 0 Å². The van der Waals surface area contributed by atoms with Gasteiger partial charge in [-0.2, -0.15) is 0 Å². The van der Waals surface area contributed by atoms with Crippen LogP contribution < -0.4 is 0 Å². The smallest absolute Gasteiger partial charge is 0.136 e. The van der Waals surface area contributed by atoms with E-state index in [9.17, 15) is 0 Å². The fourth-order valence-corrected chi connectivity index (χ4v) is 12.5. The molecule has 0 radical (unpaired) electrons. The SMILES string of the molecule is c1cc(-c2ccc3sc4cc(-c5c6ccccc6c(-c6cccc7ccccc67)c6ccccc56)ccc4c3c2)c2cc3oc4cc5sc6ccccc6c5cc4c3cc2c1. The Kier molecular flexibility index (Phi) is 6.93. The second-order valence-corrected chi connectivity index (χ2v) is 18.5. The summed E-state index contributed by atoms with van der Waals surface area (Å²) in [5.41, 5.74) is 9.40. The molecule has 282 valence electrons. The maximum Gasteiger partial charge on any atom is 0.136 e. The number of furan rings is 1. The van der Waals surface area contributed by atoms with Crippen molar-refractivity contribution in [2.45, 2.75) is 0 Å². The highest BCUT2D eigenvalue weighted by Crippen LogP contribution is 2.48. The lowest BCUT2D eigenvalue weighted by Gasteiger charge is -2.18. The van der Waals surface area contributed by atoms with Crippen LogP contribution in [0.4, 0.5) is 0 Å². The molecular formula is C58H32OS2. The molecular weight excluding hydrogens is 777 g/mol. The van der Waals surface area contributed by atoms with Gasteiger partial charge in [-0.05, 0) is 125 Å². The predicted molar refractivity (Wildman–Crippen MR) is 266 cm³/mol. The highest BCUT2D eigenvalue weighted by Gasteiger charge is 2.20. The maximum absolute atomic E-state index is 6.63. The zero-order chi connectivity index (χ0) is 39.8. The monoisotopic (exact) mass is 808 g/mol. The van der Waals surface area contributed by atoms with Gasteiger partial charge in [0.2, 0.25) is 0 Å². The van der Waals surface area contributed by atoms with Crippen molar-refractivity contribution in [3.05, 3.63) is 194 Å². The predicted octanol–water partition coefficient (Wildman–Crippen LogP) is 17.9. The van der Waals surface area contributed by atoms with E-state index in [0.29, 0.717) is 0 Å². The van der Waals surface area contributed by atoms with Gasteiger partial charge in [-0.15, -0.1) is 22.7 Å². The molecule has 0 fully saturated rings. The van der Waals surface area contributed by atoms with Crippen LogP contribution in [0.3, 0.4) is 0 Å². The van der Waals surface area contributed by atoms with Crippen LogP contribution in [0.5, 0.6) is 0 Å². The third-order valence-electron chi connectivity index (χ3n) is 13.0. The van der Waals surface area contributed by atoms with Crippen molar-refractivity contribution in [3.8, 4) is 33.4 Å². The van der Waals surface area contributed by atoms with Crippen LogP contribution in [-0.4, -0.2) is 0 Å². The summed E-state index contributed by atoms with van der Waals surface area (Å²) < 4.78 is 11.8. The summed E-state index contributed by atoms with van der Waals surface area (Å²) in [6.45, 7) is 0. The summed E-state index contributed by atoms with van der Waals surface area (Å²) in [4.78, 5) is 0. The number of benzene rings is 11. The topological polar surface area (TPSA) is 13.1 Å². The Morgan fingerprint density at radius 2 is 0.820 bits per heavy atom. The fourth-order valence-electron chi connectivity index (χ4n) is 10.3. The largest absolute Gasteiger partial charge is 0.456 e. The standard InChI is InChI=1S/C58H32OS2/c1-2-14-37-33(11-1)12-9-21-41(37)58-44-18-5-3-16-42(44)57(43-17-4-6-19-45(43)58)36-23-25-40-49-28-35(24-26-54(49)61-55(40)29-36)38-20-10-13-34-27-47-48-30-50-39-15-7-8-22-53(39)60-56(50)32-52(48)59-51(47)31-46(34)38/h1-32H. The Morgan fingerprint density at radius 3 is 1.62 bits per heavy atom. The van der Waals surface area contributed by atoms with Crippen molar-refractivity contribution in [1.82, 2.24) is 0 Å². The molecule has 3 aromatic heterocycles. The number of thiophene rings is 2. The van der Waals surface area contributed by atoms with Crippen LogP contribution in [0.25, 0.3) is 139 Å². The second-order valence-electron chi connectivity index (χ2n) is 16.3. The van der Waals surface area contributed by atoms with Crippen molar-refractivity contribution >= 4 is 128 Å². The summed E-state index contributed by atoms with van der Waals surface area (Å²) in [6, 6.07) is 72.0. The first-order valence-corrected chi connectivity index (χ1v) is 22.4. The normalized spacial score (nSPS) is 12.3. The molecule has 0 aliphatic carbocycles. The number of hydrogen-bond donors (Lipinski definition) is 0. The molecule has 0 spiro atoms. The third kappa shape index (κ3) is 4.87. The third-order valence-corrected chi connectivity index (χ3v) is 15.3. The van der Waals surface area contributed by atoms with Crippen LogP contribution in [-0.2, 0) is 0 Å². The summed E-state index contributed by atoms with van der Waals surface area (Å²) in [5.74, 6) is 0. The second kappa shape index (κ2) is 12.6. The zero-order valence-electron chi connectivity index (χ0n) is 32.7. The van der Waals surface area contributed by atoms with Gasteiger partial charge in [-0.25, -0.2) is 0 Å². The molecule has 0 saturated carbocycles. The molecule has 0 saturated heterocycles. The van der Waals surface area contributed by atoms with E-state index in [0.717, 1.165) is 16.6 Å². The molecule has 11 aromatic carbocycles. The van der Waals surface area contributed by atoms with Crippen LogP contribution in [0, 0.1) is 0 Å². The molecule has 14 aromatic rings. The highest BCUT2D eigenvalue weighted by molar-refractivity contribution is 7.26. The lowest BCUT2D eigenvalue weighted by atomic mass is 9.84.